The van der Waals surface area contributed by atoms with Crippen LogP contribution in [0.1, 0.15) is 18.5 Å². The van der Waals surface area contributed by atoms with Crippen molar-refractivity contribution in [2.75, 3.05) is 0 Å². The first-order valence-electron chi connectivity index (χ1n) is 6.40. The third kappa shape index (κ3) is 3.84. The van der Waals surface area contributed by atoms with Gasteiger partial charge in [-0.2, -0.15) is 5.26 Å². The third-order valence-electron chi connectivity index (χ3n) is 2.59. The number of nitriles is 1. The number of aromatic nitrogens is 2. The van der Waals surface area contributed by atoms with Crippen LogP contribution in [-0.2, 0) is 4.79 Å². The molecule has 0 fully saturated rings. The molecule has 0 aliphatic rings. The number of rotatable bonds is 2. The number of fused-ring (bicyclic) bond motifs is 1. The Morgan fingerprint density at radius 2 is 2.09 bits per heavy atom. The van der Waals surface area contributed by atoms with Crippen LogP contribution < -0.4 is 0 Å². The van der Waals surface area contributed by atoms with Crippen molar-refractivity contribution in [1.29, 1.82) is 5.26 Å². The molecule has 0 aliphatic heterocycles. The molecule has 110 valence electrons. The summed E-state index contributed by atoms with van der Waals surface area (Å²) in [6, 6.07) is 13.4. The first-order chi connectivity index (χ1) is 10.6. The quantitative estimate of drug-likeness (QED) is 0.706. The number of benzene rings is 1. The predicted molar refractivity (Wildman–Crippen MR) is 81.6 cm³/mol. The zero-order chi connectivity index (χ0) is 15.9. The van der Waals surface area contributed by atoms with Crippen LogP contribution in [0.5, 0.6) is 0 Å². The van der Waals surface area contributed by atoms with Crippen molar-refractivity contribution in [1.82, 2.24) is 9.97 Å². The second-order valence-corrected chi connectivity index (χ2v) is 4.31. The van der Waals surface area contributed by atoms with Gasteiger partial charge in [0, 0.05) is 13.0 Å². The SMILES string of the molecule is CC(=O)O.N#C/C(=C/c1ccco1)c1nc2ccccc2[nH]1. The van der Waals surface area contributed by atoms with Crippen LogP contribution in [0.25, 0.3) is 22.7 Å². The highest BCUT2D eigenvalue weighted by Gasteiger charge is 2.07. The summed E-state index contributed by atoms with van der Waals surface area (Å²) in [5.41, 5.74) is 2.20. The van der Waals surface area contributed by atoms with Gasteiger partial charge in [-0.1, -0.05) is 12.1 Å². The maximum absolute atomic E-state index is 9.18. The van der Waals surface area contributed by atoms with Gasteiger partial charge in [0.2, 0.25) is 0 Å². The Bertz CT molecular complexity index is 802. The molecule has 0 aliphatic carbocycles. The average molecular weight is 295 g/mol. The number of imidazole rings is 1. The van der Waals surface area contributed by atoms with Gasteiger partial charge in [-0.3, -0.25) is 4.79 Å². The molecule has 6 heteroatoms. The molecule has 0 bridgehead atoms. The molecular weight excluding hydrogens is 282 g/mol. The normalized spacial score (nSPS) is 10.6. The molecule has 0 radical (unpaired) electrons. The number of hydrogen-bond donors (Lipinski definition) is 2. The molecule has 3 rings (SSSR count). The van der Waals surface area contributed by atoms with Gasteiger partial charge in [0.1, 0.15) is 17.7 Å². The van der Waals surface area contributed by atoms with Gasteiger partial charge in [0.05, 0.1) is 22.9 Å². The Balaban J connectivity index is 0.000000396. The third-order valence-corrected chi connectivity index (χ3v) is 2.59. The van der Waals surface area contributed by atoms with Gasteiger partial charge in [-0.25, -0.2) is 4.98 Å². The van der Waals surface area contributed by atoms with E-state index in [1.807, 2.05) is 24.3 Å². The standard InChI is InChI=1S/C14H9N3O.C2H4O2/c15-9-10(8-11-4-3-7-18-11)14-16-12-5-1-2-6-13(12)17-14;1-2(3)4/h1-8H,(H,16,17);1H3,(H,3,4)/b10-8-;. The molecule has 2 heterocycles. The van der Waals surface area contributed by atoms with Crippen LogP contribution in [-0.4, -0.2) is 21.0 Å². The van der Waals surface area contributed by atoms with E-state index in [1.165, 1.54) is 0 Å². The van der Waals surface area contributed by atoms with E-state index >= 15 is 0 Å². The van der Waals surface area contributed by atoms with E-state index < -0.39 is 5.97 Å². The Morgan fingerprint density at radius 1 is 1.36 bits per heavy atom. The topological polar surface area (TPSA) is 103 Å². The van der Waals surface area contributed by atoms with Crippen molar-refractivity contribution >= 4 is 28.7 Å². The molecule has 0 saturated heterocycles. The Kier molecular flexibility index (Phi) is 4.73. The van der Waals surface area contributed by atoms with Gasteiger partial charge < -0.3 is 14.5 Å². The monoisotopic (exact) mass is 295 g/mol. The Labute approximate surface area is 126 Å². The summed E-state index contributed by atoms with van der Waals surface area (Å²) in [5, 5.41) is 16.6. The smallest absolute Gasteiger partial charge is 0.300 e. The van der Waals surface area contributed by atoms with Crippen LogP contribution in [0.4, 0.5) is 0 Å². The molecule has 3 aromatic rings. The van der Waals surface area contributed by atoms with Gasteiger partial charge in [0.25, 0.3) is 5.97 Å². The lowest BCUT2D eigenvalue weighted by Crippen LogP contribution is -1.83. The lowest BCUT2D eigenvalue weighted by molar-refractivity contribution is -0.134. The summed E-state index contributed by atoms with van der Waals surface area (Å²) in [7, 11) is 0. The molecule has 0 unspecified atom stereocenters. The number of carbonyl (C=O) groups is 1. The zero-order valence-corrected chi connectivity index (χ0v) is 11.8. The average Bonchev–Trinajstić information content (AvgIpc) is 3.13. The molecule has 2 N–H and O–H groups in total. The van der Waals surface area contributed by atoms with E-state index in [0.717, 1.165) is 18.0 Å². The van der Waals surface area contributed by atoms with Crippen LogP contribution in [0.15, 0.2) is 47.1 Å². The summed E-state index contributed by atoms with van der Waals surface area (Å²) in [6.07, 6.45) is 3.23. The van der Waals surface area contributed by atoms with E-state index in [4.69, 9.17) is 14.3 Å². The number of furan rings is 1. The van der Waals surface area contributed by atoms with Gasteiger partial charge in [-0.15, -0.1) is 0 Å². The van der Waals surface area contributed by atoms with Crippen LogP contribution in [0.3, 0.4) is 0 Å². The number of aromatic amines is 1. The highest BCUT2D eigenvalue weighted by Crippen LogP contribution is 2.19. The summed E-state index contributed by atoms with van der Waals surface area (Å²) in [5.74, 6) is 0.349. The fourth-order valence-electron chi connectivity index (χ4n) is 1.75. The minimum absolute atomic E-state index is 0.446. The van der Waals surface area contributed by atoms with Crippen molar-refractivity contribution in [3.05, 3.63) is 54.2 Å². The molecular formula is C16H13N3O3. The van der Waals surface area contributed by atoms with Gasteiger partial charge in [-0.05, 0) is 24.3 Å². The summed E-state index contributed by atoms with van der Waals surface area (Å²) in [6.45, 7) is 1.08. The highest BCUT2D eigenvalue weighted by atomic mass is 16.4. The minimum atomic E-state index is -0.833. The first-order valence-corrected chi connectivity index (χ1v) is 6.40. The Morgan fingerprint density at radius 3 is 2.68 bits per heavy atom. The number of allylic oxidation sites excluding steroid dienone is 1. The predicted octanol–water partition coefficient (Wildman–Crippen LogP) is 3.31. The molecule has 22 heavy (non-hydrogen) atoms. The van der Waals surface area contributed by atoms with Crippen molar-refractivity contribution in [2.24, 2.45) is 0 Å². The highest BCUT2D eigenvalue weighted by molar-refractivity contribution is 5.89. The van der Waals surface area contributed by atoms with Gasteiger partial charge in [0.15, 0.2) is 0 Å². The van der Waals surface area contributed by atoms with Crippen molar-refractivity contribution in [2.45, 2.75) is 6.92 Å². The molecule has 6 nitrogen and oxygen atoms in total. The number of hydrogen-bond acceptors (Lipinski definition) is 4. The molecule has 1 aromatic carbocycles. The second kappa shape index (κ2) is 6.90. The number of carboxylic acids is 1. The number of carboxylic acid groups (broad SMARTS) is 1. The van der Waals surface area contributed by atoms with Crippen LogP contribution in [0, 0.1) is 11.3 Å². The van der Waals surface area contributed by atoms with Crippen LogP contribution in [0.2, 0.25) is 0 Å². The number of H-pyrrole nitrogens is 1. The molecule has 0 atom stereocenters. The Hall–Kier alpha value is -3.33. The van der Waals surface area contributed by atoms with Crippen molar-refractivity contribution in [3.63, 3.8) is 0 Å². The fourth-order valence-corrected chi connectivity index (χ4v) is 1.75. The van der Waals surface area contributed by atoms with E-state index in [-0.39, 0.29) is 0 Å². The lowest BCUT2D eigenvalue weighted by atomic mass is 10.2. The lowest BCUT2D eigenvalue weighted by Gasteiger charge is -1.91. The van der Waals surface area contributed by atoms with Gasteiger partial charge >= 0.3 is 0 Å². The van der Waals surface area contributed by atoms with E-state index in [9.17, 15) is 5.26 Å². The summed E-state index contributed by atoms with van der Waals surface area (Å²) < 4.78 is 5.19. The zero-order valence-electron chi connectivity index (χ0n) is 11.8. The maximum atomic E-state index is 9.18. The number of nitrogens with one attached hydrogen (secondary N) is 1. The molecule has 0 saturated carbocycles. The van der Waals surface area contributed by atoms with E-state index in [0.29, 0.717) is 17.2 Å². The maximum Gasteiger partial charge on any atom is 0.300 e. The van der Waals surface area contributed by atoms with Crippen molar-refractivity contribution < 1.29 is 14.3 Å². The number of nitrogens with zero attached hydrogens (tertiary/aromatic N) is 2. The van der Waals surface area contributed by atoms with E-state index in [2.05, 4.69) is 16.0 Å². The largest absolute Gasteiger partial charge is 0.481 e. The summed E-state index contributed by atoms with van der Waals surface area (Å²) >= 11 is 0. The number of para-hydroxylation sites is 2. The first kappa shape index (κ1) is 15.1. The fraction of sp³-hybridized carbons (Fsp3) is 0.0625. The molecule has 2 aromatic heterocycles. The molecule has 0 amide bonds. The summed E-state index contributed by atoms with van der Waals surface area (Å²) in [4.78, 5) is 16.5. The van der Waals surface area contributed by atoms with E-state index in [1.54, 1.807) is 24.5 Å². The van der Waals surface area contributed by atoms with Crippen LogP contribution >= 0.6 is 0 Å². The minimum Gasteiger partial charge on any atom is -0.481 e. The van der Waals surface area contributed by atoms with Crippen molar-refractivity contribution in [3.8, 4) is 6.07 Å². The second-order valence-electron chi connectivity index (χ2n) is 4.31. The molecule has 0 spiro atoms. The number of aliphatic carboxylic acids is 1.